The maximum atomic E-state index is 8.74. The molecule has 0 saturated heterocycles. The van der Waals surface area contributed by atoms with Gasteiger partial charge in [0, 0.05) is 18.6 Å². The van der Waals surface area contributed by atoms with Crippen LogP contribution < -0.4 is 0 Å². The fraction of sp³-hybridized carbons (Fsp3) is 0. The molecule has 0 rings (SSSR count). The van der Waals surface area contributed by atoms with E-state index in [1.54, 1.807) is 0 Å². The minimum Gasteiger partial charge on any atom is -0.412 e. The van der Waals surface area contributed by atoms with Gasteiger partial charge in [0.15, 0.2) is 0 Å². The van der Waals surface area contributed by atoms with Crippen LogP contribution in [0.3, 0.4) is 0 Å². The standard InChI is InChI=1S/H2O4S.3H2O.V/c1-5(2,3)4;;;;/h(H2,1,2,3,4);3*1H2;. The third-order valence-corrected chi connectivity index (χ3v) is 0. The van der Waals surface area contributed by atoms with E-state index >= 15 is 0 Å². The third kappa shape index (κ3) is 2990. The molecule has 0 aromatic rings. The van der Waals surface area contributed by atoms with Crippen LogP contribution in [-0.4, -0.2) is 34.0 Å². The molecule has 1 radical (unpaired) electrons. The zero-order chi connectivity index (χ0) is 4.50. The molecule has 0 spiro atoms. The van der Waals surface area contributed by atoms with Crippen molar-refractivity contribution in [2.45, 2.75) is 0 Å². The van der Waals surface area contributed by atoms with Crippen LogP contribution in [0.5, 0.6) is 0 Å². The van der Waals surface area contributed by atoms with Crippen molar-refractivity contribution in [1.29, 1.82) is 0 Å². The van der Waals surface area contributed by atoms with Crippen molar-refractivity contribution in [3.05, 3.63) is 0 Å². The summed E-state index contributed by atoms with van der Waals surface area (Å²) >= 11 is 0. The van der Waals surface area contributed by atoms with Gasteiger partial charge in [0.1, 0.15) is 0 Å². The third-order valence-electron chi connectivity index (χ3n) is 0. The molecule has 0 unspecified atom stereocenters. The van der Waals surface area contributed by atoms with Gasteiger partial charge in [-0.3, -0.25) is 9.11 Å². The van der Waals surface area contributed by atoms with Crippen molar-refractivity contribution in [3.63, 3.8) is 0 Å². The number of rotatable bonds is 0. The Kier molecular flexibility index (Phi) is 42.8. The molecule has 8 N–H and O–H groups in total. The topological polar surface area (TPSA) is 169 Å². The van der Waals surface area contributed by atoms with Crippen LogP contribution in [-0.2, 0) is 29.0 Å². The fourth-order valence-corrected chi connectivity index (χ4v) is 0. The van der Waals surface area contributed by atoms with E-state index in [0.717, 1.165) is 0 Å². The largest absolute Gasteiger partial charge is 0.412 e. The molecule has 0 bridgehead atoms. The van der Waals surface area contributed by atoms with Gasteiger partial charge in [0.2, 0.25) is 0 Å². The minimum atomic E-state index is -4.67. The molecule has 0 fully saturated rings. The Hall–Kier alpha value is 0.334. The molecular formula is H8O7SV. The molecule has 0 aromatic heterocycles. The monoisotopic (exact) mass is 203 g/mol. The molecule has 7 nitrogen and oxygen atoms in total. The molecule has 0 aliphatic heterocycles. The maximum absolute atomic E-state index is 8.74. The van der Waals surface area contributed by atoms with Crippen molar-refractivity contribution in [3.8, 4) is 0 Å². The molecule has 9 heavy (non-hydrogen) atoms. The van der Waals surface area contributed by atoms with Gasteiger partial charge in [0.25, 0.3) is 0 Å². The zero-order valence-corrected chi connectivity index (χ0v) is 6.28. The zero-order valence-electron chi connectivity index (χ0n) is 4.07. The van der Waals surface area contributed by atoms with Crippen LogP contribution >= 0.6 is 0 Å². The van der Waals surface area contributed by atoms with Crippen molar-refractivity contribution in [2.75, 3.05) is 0 Å². The van der Waals surface area contributed by atoms with Crippen molar-refractivity contribution < 1.29 is 52.5 Å². The van der Waals surface area contributed by atoms with Gasteiger partial charge in [-0.2, -0.15) is 8.42 Å². The van der Waals surface area contributed by atoms with E-state index in [-0.39, 0.29) is 35.0 Å². The summed E-state index contributed by atoms with van der Waals surface area (Å²) in [6.07, 6.45) is 0. The summed E-state index contributed by atoms with van der Waals surface area (Å²) in [6, 6.07) is 0. The van der Waals surface area contributed by atoms with Crippen molar-refractivity contribution in [1.82, 2.24) is 0 Å². The van der Waals surface area contributed by atoms with Gasteiger partial charge in [-0.25, -0.2) is 0 Å². The summed E-state index contributed by atoms with van der Waals surface area (Å²) in [5.74, 6) is 0. The quantitative estimate of drug-likeness (QED) is 0.396. The number of hydrogen-bond acceptors (Lipinski definition) is 2. The Labute approximate surface area is 63.5 Å². The van der Waals surface area contributed by atoms with E-state index in [0.29, 0.717) is 0 Å². The first-order valence-corrected chi connectivity index (χ1v) is 2.10. The molecule has 0 aliphatic carbocycles. The smallest absolute Gasteiger partial charge is 0.394 e. The van der Waals surface area contributed by atoms with Gasteiger partial charge in [-0.1, -0.05) is 0 Å². The second-order valence-electron chi connectivity index (χ2n) is 0.448. The van der Waals surface area contributed by atoms with Crippen LogP contribution in [0.1, 0.15) is 0 Å². The molecular weight excluding hydrogens is 195 g/mol. The Morgan fingerprint density at radius 1 is 0.889 bits per heavy atom. The summed E-state index contributed by atoms with van der Waals surface area (Å²) in [7, 11) is -4.67. The van der Waals surface area contributed by atoms with Gasteiger partial charge in [-0.05, 0) is 0 Å². The van der Waals surface area contributed by atoms with Crippen LogP contribution in [0, 0.1) is 0 Å². The first-order chi connectivity index (χ1) is 2.00. The van der Waals surface area contributed by atoms with Gasteiger partial charge < -0.3 is 16.4 Å². The molecule has 9 heteroatoms. The second kappa shape index (κ2) is 11.2. The fourth-order valence-electron chi connectivity index (χ4n) is 0. The Morgan fingerprint density at radius 3 is 0.889 bits per heavy atom. The molecule has 0 atom stereocenters. The van der Waals surface area contributed by atoms with E-state index < -0.39 is 10.4 Å². The average Bonchev–Trinajstić information content (AvgIpc) is 0.722. The summed E-state index contributed by atoms with van der Waals surface area (Å²) in [5, 5.41) is 0. The summed E-state index contributed by atoms with van der Waals surface area (Å²) in [5.41, 5.74) is 0. The SMILES string of the molecule is O.O.O.O=S(=O)(O)O.[V]. The predicted octanol–water partition coefficient (Wildman–Crippen LogP) is -3.13. The Balaban J connectivity index is -0.0000000133. The van der Waals surface area contributed by atoms with Crippen LogP contribution in [0.2, 0.25) is 0 Å². The van der Waals surface area contributed by atoms with E-state index in [2.05, 4.69) is 0 Å². The first kappa shape index (κ1) is 34.5. The molecule has 0 saturated carbocycles. The van der Waals surface area contributed by atoms with E-state index in [9.17, 15) is 0 Å². The van der Waals surface area contributed by atoms with E-state index in [4.69, 9.17) is 17.5 Å². The molecule has 0 heterocycles. The van der Waals surface area contributed by atoms with Crippen LogP contribution in [0.4, 0.5) is 0 Å². The summed E-state index contributed by atoms with van der Waals surface area (Å²) in [6.45, 7) is 0. The summed E-state index contributed by atoms with van der Waals surface area (Å²) < 4.78 is 31.6. The Morgan fingerprint density at radius 2 is 0.889 bits per heavy atom. The van der Waals surface area contributed by atoms with E-state index in [1.807, 2.05) is 0 Å². The molecule has 0 aliphatic rings. The molecule has 61 valence electrons. The van der Waals surface area contributed by atoms with E-state index in [1.165, 1.54) is 0 Å². The normalized spacial score (nSPS) is 6.44. The predicted molar refractivity (Wildman–Crippen MR) is 25.0 cm³/mol. The van der Waals surface area contributed by atoms with Gasteiger partial charge >= 0.3 is 10.4 Å². The van der Waals surface area contributed by atoms with Gasteiger partial charge in [0.05, 0.1) is 0 Å². The minimum absolute atomic E-state index is 0. The Bertz CT molecular complexity index is 92.1. The first-order valence-electron chi connectivity index (χ1n) is 0.698. The summed E-state index contributed by atoms with van der Waals surface area (Å²) in [4.78, 5) is 0. The van der Waals surface area contributed by atoms with Crippen molar-refractivity contribution in [2.24, 2.45) is 0 Å². The number of hydrogen-bond donors (Lipinski definition) is 2. The van der Waals surface area contributed by atoms with Crippen molar-refractivity contribution >= 4 is 10.4 Å². The second-order valence-corrected chi connectivity index (χ2v) is 1.34. The van der Waals surface area contributed by atoms with Crippen LogP contribution in [0.15, 0.2) is 0 Å². The average molecular weight is 203 g/mol. The molecule has 0 amide bonds. The van der Waals surface area contributed by atoms with Gasteiger partial charge in [-0.15, -0.1) is 0 Å². The molecule has 0 aromatic carbocycles. The van der Waals surface area contributed by atoms with Crippen LogP contribution in [0.25, 0.3) is 0 Å². The maximum Gasteiger partial charge on any atom is 0.394 e.